The van der Waals surface area contributed by atoms with Crippen LogP contribution >= 0.6 is 0 Å². The minimum atomic E-state index is -0.190. The molecule has 0 aromatic heterocycles. The summed E-state index contributed by atoms with van der Waals surface area (Å²) in [6, 6.07) is 5.79. The molecule has 0 bridgehead atoms. The van der Waals surface area contributed by atoms with E-state index in [0.29, 0.717) is 6.54 Å². The van der Waals surface area contributed by atoms with Crippen molar-refractivity contribution < 1.29 is 9.53 Å². The zero-order chi connectivity index (χ0) is 16.4. The van der Waals surface area contributed by atoms with Crippen LogP contribution in [-0.2, 0) is 0 Å². The van der Waals surface area contributed by atoms with Crippen molar-refractivity contribution >= 4 is 6.03 Å². The summed E-state index contributed by atoms with van der Waals surface area (Å²) in [4.78, 5) is 14.0. The van der Waals surface area contributed by atoms with Gasteiger partial charge in [0.05, 0.1) is 0 Å². The molecule has 2 amide bonds. The SMILES string of the molecule is CCN(CC)CCCNC(=O)NCOc1ccc(C)cc1C. The van der Waals surface area contributed by atoms with Gasteiger partial charge >= 0.3 is 6.03 Å². The van der Waals surface area contributed by atoms with Crippen LogP contribution in [0.25, 0.3) is 0 Å². The summed E-state index contributed by atoms with van der Waals surface area (Å²) >= 11 is 0. The van der Waals surface area contributed by atoms with E-state index in [9.17, 15) is 4.79 Å². The predicted molar refractivity (Wildman–Crippen MR) is 90.4 cm³/mol. The van der Waals surface area contributed by atoms with Gasteiger partial charge in [0.1, 0.15) is 5.75 Å². The number of amides is 2. The number of carbonyl (C=O) groups excluding carboxylic acids is 1. The summed E-state index contributed by atoms with van der Waals surface area (Å²) < 4.78 is 5.56. The quantitative estimate of drug-likeness (QED) is 0.545. The Bertz CT molecular complexity index is 459. The van der Waals surface area contributed by atoms with Crippen molar-refractivity contribution in [1.82, 2.24) is 15.5 Å². The Labute approximate surface area is 134 Å². The van der Waals surface area contributed by atoms with Gasteiger partial charge in [0.2, 0.25) is 0 Å². The minimum absolute atomic E-state index is 0.172. The Hall–Kier alpha value is -1.75. The maximum atomic E-state index is 11.6. The molecule has 0 aliphatic heterocycles. The molecule has 0 atom stereocenters. The molecule has 1 rings (SSSR count). The summed E-state index contributed by atoms with van der Waals surface area (Å²) in [5.41, 5.74) is 2.27. The topological polar surface area (TPSA) is 53.6 Å². The summed E-state index contributed by atoms with van der Waals surface area (Å²) in [6.45, 7) is 12.3. The average molecular weight is 307 g/mol. The van der Waals surface area contributed by atoms with E-state index in [-0.39, 0.29) is 12.8 Å². The van der Waals surface area contributed by atoms with Gasteiger partial charge in [-0.15, -0.1) is 0 Å². The highest BCUT2D eigenvalue weighted by Crippen LogP contribution is 2.18. The Balaban J connectivity index is 2.15. The maximum Gasteiger partial charge on any atom is 0.317 e. The standard InChI is InChI=1S/C17H29N3O2/c1-5-20(6-2)11-7-10-18-17(21)19-13-22-16-9-8-14(3)12-15(16)4/h8-9,12H,5-7,10-11,13H2,1-4H3,(H2,18,19,21). The second kappa shape index (κ2) is 10.1. The van der Waals surface area contributed by atoms with Gasteiger partial charge in [0.15, 0.2) is 6.73 Å². The monoisotopic (exact) mass is 307 g/mol. The number of hydrogen-bond donors (Lipinski definition) is 2. The third kappa shape index (κ3) is 6.80. The summed E-state index contributed by atoms with van der Waals surface area (Å²) in [7, 11) is 0. The second-order valence-corrected chi connectivity index (χ2v) is 5.37. The Morgan fingerprint density at radius 1 is 1.18 bits per heavy atom. The van der Waals surface area contributed by atoms with E-state index in [4.69, 9.17) is 4.74 Å². The van der Waals surface area contributed by atoms with E-state index in [1.54, 1.807) is 0 Å². The zero-order valence-electron chi connectivity index (χ0n) is 14.2. The van der Waals surface area contributed by atoms with Crippen LogP contribution in [0.3, 0.4) is 0 Å². The van der Waals surface area contributed by atoms with Crippen LogP contribution in [0.15, 0.2) is 18.2 Å². The van der Waals surface area contributed by atoms with E-state index in [0.717, 1.165) is 37.4 Å². The smallest absolute Gasteiger partial charge is 0.317 e. The van der Waals surface area contributed by atoms with Crippen LogP contribution in [0.1, 0.15) is 31.4 Å². The van der Waals surface area contributed by atoms with Crippen molar-refractivity contribution in [3.63, 3.8) is 0 Å². The Morgan fingerprint density at radius 2 is 1.91 bits per heavy atom. The van der Waals surface area contributed by atoms with Crippen molar-refractivity contribution in [3.8, 4) is 5.75 Å². The van der Waals surface area contributed by atoms with E-state index in [1.165, 1.54) is 5.56 Å². The number of aryl methyl sites for hydroxylation is 2. The lowest BCUT2D eigenvalue weighted by molar-refractivity contribution is 0.222. The molecular weight excluding hydrogens is 278 g/mol. The normalized spacial score (nSPS) is 10.6. The van der Waals surface area contributed by atoms with Gasteiger partial charge in [0.25, 0.3) is 0 Å². The molecule has 0 spiro atoms. The molecule has 0 fully saturated rings. The third-order valence-electron chi connectivity index (χ3n) is 3.62. The van der Waals surface area contributed by atoms with Gasteiger partial charge in [-0.25, -0.2) is 4.79 Å². The highest BCUT2D eigenvalue weighted by Gasteiger charge is 2.03. The van der Waals surface area contributed by atoms with Crippen LogP contribution in [0.4, 0.5) is 4.79 Å². The molecule has 0 aliphatic carbocycles. The van der Waals surface area contributed by atoms with Crippen molar-refractivity contribution in [2.75, 3.05) is 32.9 Å². The van der Waals surface area contributed by atoms with Gasteiger partial charge < -0.3 is 20.3 Å². The Morgan fingerprint density at radius 3 is 2.55 bits per heavy atom. The Kier molecular flexibility index (Phi) is 8.36. The lowest BCUT2D eigenvalue weighted by Gasteiger charge is -2.17. The first-order chi connectivity index (χ1) is 10.6. The zero-order valence-corrected chi connectivity index (χ0v) is 14.2. The lowest BCUT2D eigenvalue weighted by Crippen LogP contribution is -2.39. The summed E-state index contributed by atoms with van der Waals surface area (Å²) in [5, 5.41) is 5.54. The van der Waals surface area contributed by atoms with E-state index >= 15 is 0 Å². The number of hydrogen-bond acceptors (Lipinski definition) is 3. The largest absolute Gasteiger partial charge is 0.473 e. The molecule has 1 aromatic rings. The van der Waals surface area contributed by atoms with Crippen LogP contribution in [0.2, 0.25) is 0 Å². The van der Waals surface area contributed by atoms with Crippen LogP contribution in [-0.4, -0.2) is 43.8 Å². The second-order valence-electron chi connectivity index (χ2n) is 5.37. The van der Waals surface area contributed by atoms with Crippen LogP contribution in [0.5, 0.6) is 5.75 Å². The number of rotatable bonds is 9. The van der Waals surface area contributed by atoms with Gasteiger partial charge in [-0.3, -0.25) is 0 Å². The predicted octanol–water partition coefficient (Wildman–Crippen LogP) is 2.67. The number of benzene rings is 1. The van der Waals surface area contributed by atoms with Gasteiger partial charge in [-0.05, 0) is 51.5 Å². The molecule has 0 radical (unpaired) electrons. The lowest BCUT2D eigenvalue weighted by atomic mass is 10.1. The molecule has 1 aromatic carbocycles. The van der Waals surface area contributed by atoms with Crippen molar-refractivity contribution in [2.24, 2.45) is 0 Å². The molecule has 5 heteroatoms. The number of urea groups is 1. The first kappa shape index (κ1) is 18.3. The number of carbonyl (C=O) groups is 1. The molecule has 0 aliphatic rings. The van der Waals surface area contributed by atoms with E-state index < -0.39 is 0 Å². The number of nitrogens with one attached hydrogen (secondary N) is 2. The molecule has 2 N–H and O–H groups in total. The maximum absolute atomic E-state index is 11.6. The van der Waals surface area contributed by atoms with Crippen LogP contribution in [0, 0.1) is 13.8 Å². The fraction of sp³-hybridized carbons (Fsp3) is 0.588. The van der Waals surface area contributed by atoms with Crippen molar-refractivity contribution in [1.29, 1.82) is 0 Å². The van der Waals surface area contributed by atoms with Gasteiger partial charge in [-0.1, -0.05) is 31.5 Å². The van der Waals surface area contributed by atoms with E-state index in [2.05, 4.69) is 35.4 Å². The van der Waals surface area contributed by atoms with Crippen molar-refractivity contribution in [2.45, 2.75) is 34.1 Å². The molecular formula is C17H29N3O2. The summed E-state index contributed by atoms with van der Waals surface area (Å²) in [6.07, 6.45) is 0.951. The average Bonchev–Trinajstić information content (AvgIpc) is 2.49. The van der Waals surface area contributed by atoms with Gasteiger partial charge in [0, 0.05) is 6.54 Å². The molecule has 0 unspecified atom stereocenters. The van der Waals surface area contributed by atoms with E-state index in [1.807, 2.05) is 26.0 Å². The fourth-order valence-electron chi connectivity index (χ4n) is 2.25. The van der Waals surface area contributed by atoms with Gasteiger partial charge in [-0.2, -0.15) is 0 Å². The molecule has 22 heavy (non-hydrogen) atoms. The summed E-state index contributed by atoms with van der Waals surface area (Å²) in [5.74, 6) is 0.799. The fourth-order valence-corrected chi connectivity index (χ4v) is 2.25. The molecule has 5 nitrogen and oxygen atoms in total. The van der Waals surface area contributed by atoms with Crippen molar-refractivity contribution in [3.05, 3.63) is 29.3 Å². The molecule has 0 heterocycles. The first-order valence-electron chi connectivity index (χ1n) is 8.00. The minimum Gasteiger partial charge on any atom is -0.473 e. The highest BCUT2D eigenvalue weighted by atomic mass is 16.5. The molecule has 124 valence electrons. The molecule has 0 saturated carbocycles. The number of ether oxygens (including phenoxy) is 1. The highest BCUT2D eigenvalue weighted by molar-refractivity contribution is 5.73. The van der Waals surface area contributed by atoms with Crippen LogP contribution < -0.4 is 15.4 Å². The third-order valence-corrected chi connectivity index (χ3v) is 3.62. The first-order valence-corrected chi connectivity index (χ1v) is 8.00. The molecule has 0 saturated heterocycles. The number of nitrogens with zero attached hydrogens (tertiary/aromatic N) is 1.